The van der Waals surface area contributed by atoms with Crippen LogP contribution in [0.3, 0.4) is 0 Å². The summed E-state index contributed by atoms with van der Waals surface area (Å²) in [6.45, 7) is 0.0288. The molecule has 8 heteroatoms. The molecular weight excluding hydrogens is 436 g/mol. The van der Waals surface area contributed by atoms with Crippen molar-refractivity contribution in [2.24, 2.45) is 10.1 Å². The van der Waals surface area contributed by atoms with Crippen LogP contribution in [0.25, 0.3) is 11.3 Å². The maximum Gasteiger partial charge on any atom is 0.262 e. The Bertz CT molecular complexity index is 1410. The van der Waals surface area contributed by atoms with Crippen molar-refractivity contribution in [2.75, 3.05) is 19.0 Å². The molecule has 0 atom stereocenters. The largest absolute Gasteiger partial charge is 0.482 e. The van der Waals surface area contributed by atoms with Gasteiger partial charge in [-0.2, -0.15) is 5.10 Å². The highest BCUT2D eigenvalue weighted by Crippen LogP contribution is 2.33. The summed E-state index contributed by atoms with van der Waals surface area (Å²) in [7, 11) is 1.73. The van der Waals surface area contributed by atoms with Gasteiger partial charge in [-0.1, -0.05) is 30.3 Å². The number of rotatable bonds is 5. The predicted octanol–water partition coefficient (Wildman–Crippen LogP) is 4.75. The van der Waals surface area contributed by atoms with Gasteiger partial charge in [0.05, 0.1) is 17.6 Å². The molecule has 0 saturated heterocycles. The van der Waals surface area contributed by atoms with Crippen LogP contribution in [-0.2, 0) is 4.79 Å². The van der Waals surface area contributed by atoms with E-state index in [1.165, 1.54) is 11.3 Å². The molecule has 0 fully saturated rings. The second-order valence-corrected chi connectivity index (χ2v) is 8.06. The molecular formula is C25H20N4O3S. The summed E-state index contributed by atoms with van der Waals surface area (Å²) in [5.74, 6) is 1.99. The van der Waals surface area contributed by atoms with E-state index in [2.05, 4.69) is 10.3 Å². The van der Waals surface area contributed by atoms with Crippen LogP contribution in [0, 0.1) is 0 Å². The summed E-state index contributed by atoms with van der Waals surface area (Å²) < 4.78 is 13.2. The van der Waals surface area contributed by atoms with Gasteiger partial charge in [-0.05, 0) is 48.0 Å². The summed E-state index contributed by atoms with van der Waals surface area (Å²) in [6.07, 6.45) is 1.77. The number of para-hydroxylation sites is 1. The first-order valence-electron chi connectivity index (χ1n) is 10.3. The number of amides is 1. The Morgan fingerprint density at radius 1 is 1.06 bits per heavy atom. The number of carbonyl (C=O) groups excluding carboxylic acids is 1. The summed E-state index contributed by atoms with van der Waals surface area (Å²) in [4.78, 5) is 16.8. The number of hydrogen-bond donors (Lipinski definition) is 1. The smallest absolute Gasteiger partial charge is 0.262 e. The summed E-state index contributed by atoms with van der Waals surface area (Å²) in [5, 5.41) is 9.53. The van der Waals surface area contributed by atoms with Crippen molar-refractivity contribution < 1.29 is 14.3 Å². The highest BCUT2D eigenvalue weighted by Gasteiger charge is 2.17. The molecule has 5 rings (SSSR count). The Kier molecular flexibility index (Phi) is 5.73. The van der Waals surface area contributed by atoms with E-state index in [4.69, 9.17) is 14.6 Å². The molecule has 0 spiro atoms. The average molecular weight is 457 g/mol. The molecule has 1 amide bonds. The highest BCUT2D eigenvalue weighted by atomic mass is 32.1. The third-order valence-electron chi connectivity index (χ3n) is 4.94. The first-order chi connectivity index (χ1) is 16.2. The molecule has 33 heavy (non-hydrogen) atoms. The van der Waals surface area contributed by atoms with Crippen molar-refractivity contribution in [2.45, 2.75) is 0 Å². The van der Waals surface area contributed by atoms with E-state index in [9.17, 15) is 4.79 Å². The normalized spacial score (nSPS) is 13.5. The zero-order valence-corrected chi connectivity index (χ0v) is 18.6. The lowest BCUT2D eigenvalue weighted by atomic mass is 10.1. The second-order valence-electron chi connectivity index (χ2n) is 7.22. The van der Waals surface area contributed by atoms with Crippen molar-refractivity contribution >= 4 is 29.1 Å². The van der Waals surface area contributed by atoms with Crippen LogP contribution >= 0.6 is 11.3 Å². The van der Waals surface area contributed by atoms with Gasteiger partial charge in [0.1, 0.15) is 17.2 Å². The van der Waals surface area contributed by atoms with Crippen LogP contribution in [-0.4, -0.2) is 30.5 Å². The molecule has 1 aliphatic heterocycles. The van der Waals surface area contributed by atoms with Crippen molar-refractivity contribution in [3.05, 3.63) is 88.5 Å². The number of fused-ring (bicyclic) bond motifs is 1. The fraction of sp³-hybridized carbons (Fsp3) is 0.0800. The third kappa shape index (κ3) is 4.56. The Morgan fingerprint density at radius 3 is 2.76 bits per heavy atom. The number of thiazole rings is 1. The lowest BCUT2D eigenvalue weighted by Gasteiger charge is -2.18. The van der Waals surface area contributed by atoms with Gasteiger partial charge in [0, 0.05) is 18.0 Å². The van der Waals surface area contributed by atoms with Crippen LogP contribution in [0.15, 0.2) is 88.3 Å². The van der Waals surface area contributed by atoms with Crippen molar-refractivity contribution in [1.82, 2.24) is 4.68 Å². The van der Waals surface area contributed by atoms with E-state index in [0.717, 1.165) is 33.1 Å². The maximum atomic E-state index is 11.7. The minimum atomic E-state index is -0.169. The van der Waals surface area contributed by atoms with Gasteiger partial charge < -0.3 is 14.8 Å². The predicted molar refractivity (Wildman–Crippen MR) is 129 cm³/mol. The fourth-order valence-electron chi connectivity index (χ4n) is 3.41. The van der Waals surface area contributed by atoms with Gasteiger partial charge in [-0.3, -0.25) is 9.79 Å². The lowest BCUT2D eigenvalue weighted by Crippen LogP contribution is -2.25. The van der Waals surface area contributed by atoms with Gasteiger partial charge in [0.25, 0.3) is 5.91 Å². The number of hydrogen-bond acceptors (Lipinski definition) is 6. The van der Waals surface area contributed by atoms with Gasteiger partial charge in [0.2, 0.25) is 4.80 Å². The first kappa shape index (κ1) is 20.7. The zero-order chi connectivity index (χ0) is 22.6. The van der Waals surface area contributed by atoms with Crippen molar-refractivity contribution in [3.63, 3.8) is 0 Å². The van der Waals surface area contributed by atoms with Crippen LogP contribution in [0.4, 0.5) is 5.69 Å². The zero-order valence-electron chi connectivity index (χ0n) is 17.8. The molecule has 7 nitrogen and oxygen atoms in total. The fourth-order valence-corrected chi connectivity index (χ4v) is 4.21. The molecule has 0 saturated carbocycles. The number of nitrogens with zero attached hydrogens (tertiary/aromatic N) is 3. The van der Waals surface area contributed by atoms with E-state index in [1.54, 1.807) is 17.9 Å². The number of aromatic nitrogens is 1. The summed E-state index contributed by atoms with van der Waals surface area (Å²) in [5.41, 5.74) is 3.28. The number of benzene rings is 3. The molecule has 164 valence electrons. The third-order valence-corrected chi connectivity index (χ3v) is 5.85. The standard InChI is InChI=1S/C25H20N4O3S/c1-26-25-29(22(16-33-25)18-10-11-23-21(13-18)28-24(30)15-31-23)27-14-17-6-5-9-20(12-17)32-19-7-3-2-4-8-19/h2-14,16H,15H2,1H3,(H,28,30). The van der Waals surface area contributed by atoms with Gasteiger partial charge in [-0.15, -0.1) is 11.3 Å². The maximum absolute atomic E-state index is 11.7. The van der Waals surface area contributed by atoms with Crippen molar-refractivity contribution in [3.8, 4) is 28.5 Å². The molecule has 0 bridgehead atoms. The molecule has 1 aliphatic rings. The average Bonchev–Trinajstić information content (AvgIpc) is 3.26. The molecule has 0 aliphatic carbocycles. The van der Waals surface area contributed by atoms with Crippen LogP contribution in [0.5, 0.6) is 17.2 Å². The summed E-state index contributed by atoms with van der Waals surface area (Å²) in [6, 6.07) is 23.0. The molecule has 4 aromatic rings. The Balaban J connectivity index is 1.45. The van der Waals surface area contributed by atoms with Gasteiger partial charge in [-0.25, -0.2) is 4.68 Å². The van der Waals surface area contributed by atoms with Gasteiger partial charge >= 0.3 is 0 Å². The van der Waals surface area contributed by atoms with Crippen LogP contribution in [0.2, 0.25) is 0 Å². The Hall–Kier alpha value is -4.17. The Labute approximate surface area is 194 Å². The van der Waals surface area contributed by atoms with E-state index in [1.807, 2.05) is 78.2 Å². The topological polar surface area (TPSA) is 77.2 Å². The first-order valence-corrected chi connectivity index (χ1v) is 11.2. The second kappa shape index (κ2) is 9.13. The van der Waals surface area contributed by atoms with Crippen LogP contribution < -0.4 is 19.6 Å². The van der Waals surface area contributed by atoms with Gasteiger partial charge in [0.15, 0.2) is 6.61 Å². The highest BCUT2D eigenvalue weighted by molar-refractivity contribution is 7.07. The van der Waals surface area contributed by atoms with E-state index < -0.39 is 0 Å². The van der Waals surface area contributed by atoms with E-state index in [0.29, 0.717) is 11.4 Å². The lowest BCUT2D eigenvalue weighted by molar-refractivity contribution is -0.118. The molecule has 3 aromatic carbocycles. The number of ether oxygens (including phenoxy) is 2. The number of carbonyl (C=O) groups is 1. The molecule has 1 aromatic heterocycles. The summed E-state index contributed by atoms with van der Waals surface area (Å²) >= 11 is 1.49. The molecule has 0 radical (unpaired) electrons. The quantitative estimate of drug-likeness (QED) is 0.440. The minimum Gasteiger partial charge on any atom is -0.482 e. The van der Waals surface area contributed by atoms with E-state index >= 15 is 0 Å². The van der Waals surface area contributed by atoms with Crippen molar-refractivity contribution in [1.29, 1.82) is 0 Å². The minimum absolute atomic E-state index is 0.0288. The molecule has 2 heterocycles. The monoisotopic (exact) mass is 456 g/mol. The van der Waals surface area contributed by atoms with Crippen LogP contribution in [0.1, 0.15) is 5.56 Å². The molecule has 1 N–H and O–H groups in total. The Morgan fingerprint density at radius 2 is 1.91 bits per heavy atom. The number of nitrogens with one attached hydrogen (secondary N) is 1. The molecule has 0 unspecified atom stereocenters. The SMILES string of the molecule is CN=c1scc(-c2ccc3c(c2)NC(=O)CO3)n1N=Cc1cccc(Oc2ccccc2)c1. The van der Waals surface area contributed by atoms with E-state index in [-0.39, 0.29) is 12.5 Å². The number of anilines is 1.